The molecule has 3 heterocycles. The van der Waals surface area contributed by atoms with Gasteiger partial charge in [-0.3, -0.25) is 14.6 Å². The molecule has 2 saturated heterocycles. The van der Waals surface area contributed by atoms with Gasteiger partial charge in [-0.15, -0.1) is 0 Å². The van der Waals surface area contributed by atoms with E-state index in [1.54, 1.807) is 19.0 Å². The van der Waals surface area contributed by atoms with E-state index in [9.17, 15) is 4.79 Å². The summed E-state index contributed by atoms with van der Waals surface area (Å²) in [4.78, 5) is 23.8. The van der Waals surface area contributed by atoms with Gasteiger partial charge in [-0.25, -0.2) is 0 Å². The van der Waals surface area contributed by atoms with Crippen LogP contribution >= 0.6 is 0 Å². The van der Waals surface area contributed by atoms with Gasteiger partial charge >= 0.3 is 0 Å². The number of hydrogen-bond donors (Lipinski definition) is 0. The van der Waals surface area contributed by atoms with Crippen LogP contribution in [-0.2, 0) is 14.4 Å². The second-order valence-electron chi connectivity index (χ2n) is 7.69. The molecule has 25 heavy (non-hydrogen) atoms. The van der Waals surface area contributed by atoms with Gasteiger partial charge in [0.25, 0.3) is 0 Å². The van der Waals surface area contributed by atoms with Crippen molar-refractivity contribution in [2.75, 3.05) is 60.0 Å². The standard InChI is InChI=1S/C18H32N4O3/c1-20(2)17(23)13-22-10-6-7-15(11-22)18-19-24-14-16(25-18)12-21-8-4-3-5-9-21/h15-16H,3-14H2,1-2H3. The molecule has 0 aromatic rings. The van der Waals surface area contributed by atoms with Gasteiger partial charge in [0.1, 0.15) is 6.10 Å². The molecule has 3 aliphatic heterocycles. The lowest BCUT2D eigenvalue weighted by Gasteiger charge is -2.36. The van der Waals surface area contributed by atoms with Crippen molar-refractivity contribution in [1.29, 1.82) is 0 Å². The van der Waals surface area contributed by atoms with Crippen LogP contribution in [0.15, 0.2) is 5.16 Å². The van der Waals surface area contributed by atoms with Crippen molar-refractivity contribution < 1.29 is 14.4 Å². The van der Waals surface area contributed by atoms with Crippen molar-refractivity contribution in [2.24, 2.45) is 11.1 Å². The molecule has 2 unspecified atom stereocenters. The Morgan fingerprint density at radius 3 is 2.68 bits per heavy atom. The van der Waals surface area contributed by atoms with Gasteiger partial charge < -0.3 is 14.5 Å². The number of oxime groups is 1. The first-order chi connectivity index (χ1) is 12.1. The quantitative estimate of drug-likeness (QED) is 0.739. The predicted molar refractivity (Wildman–Crippen MR) is 96.4 cm³/mol. The summed E-state index contributed by atoms with van der Waals surface area (Å²) in [6.45, 7) is 6.03. The topological polar surface area (TPSA) is 57.6 Å². The zero-order chi connectivity index (χ0) is 17.6. The molecule has 0 radical (unpaired) electrons. The molecule has 0 N–H and O–H groups in total. The lowest BCUT2D eigenvalue weighted by atomic mass is 9.97. The molecule has 0 aromatic heterocycles. The van der Waals surface area contributed by atoms with Crippen molar-refractivity contribution in [1.82, 2.24) is 14.7 Å². The number of nitrogens with zero attached hydrogens (tertiary/aromatic N) is 4. The molecule has 7 nitrogen and oxygen atoms in total. The van der Waals surface area contributed by atoms with Crippen LogP contribution < -0.4 is 0 Å². The van der Waals surface area contributed by atoms with Crippen LogP contribution in [-0.4, -0.2) is 92.6 Å². The van der Waals surface area contributed by atoms with Crippen molar-refractivity contribution in [3.63, 3.8) is 0 Å². The Balaban J connectivity index is 1.50. The largest absolute Gasteiger partial charge is 0.470 e. The highest BCUT2D eigenvalue weighted by atomic mass is 16.7. The Morgan fingerprint density at radius 1 is 1.16 bits per heavy atom. The predicted octanol–water partition coefficient (Wildman–Crippen LogP) is 1.00. The number of hydrogen-bond acceptors (Lipinski definition) is 6. The van der Waals surface area contributed by atoms with E-state index >= 15 is 0 Å². The fraction of sp³-hybridized carbons (Fsp3) is 0.889. The molecule has 0 saturated carbocycles. The Labute approximate surface area is 150 Å². The third kappa shape index (κ3) is 5.31. The first-order valence-corrected chi connectivity index (χ1v) is 9.63. The van der Waals surface area contributed by atoms with Gasteiger partial charge in [0.15, 0.2) is 6.61 Å². The molecule has 3 aliphatic rings. The number of piperidine rings is 2. The molecule has 2 atom stereocenters. The summed E-state index contributed by atoms with van der Waals surface area (Å²) < 4.78 is 6.19. The molecule has 1 amide bonds. The van der Waals surface area contributed by atoms with Crippen LogP contribution in [0.4, 0.5) is 0 Å². The van der Waals surface area contributed by atoms with E-state index in [0.717, 1.165) is 51.5 Å². The van der Waals surface area contributed by atoms with Crippen molar-refractivity contribution in [3.05, 3.63) is 0 Å². The third-order valence-electron chi connectivity index (χ3n) is 5.33. The molecule has 0 aliphatic carbocycles. The van der Waals surface area contributed by atoms with Gasteiger partial charge in [0.2, 0.25) is 11.8 Å². The average molecular weight is 352 g/mol. The first kappa shape index (κ1) is 18.5. The maximum absolute atomic E-state index is 12.0. The summed E-state index contributed by atoms with van der Waals surface area (Å²) in [6.07, 6.45) is 6.09. The number of carbonyl (C=O) groups excluding carboxylic acids is 1. The van der Waals surface area contributed by atoms with Crippen molar-refractivity contribution in [2.45, 2.75) is 38.2 Å². The summed E-state index contributed by atoms with van der Waals surface area (Å²) in [5, 5.41) is 4.20. The highest BCUT2D eigenvalue weighted by molar-refractivity contribution is 5.80. The van der Waals surface area contributed by atoms with E-state index < -0.39 is 0 Å². The normalized spacial score (nSPS) is 28.6. The van der Waals surface area contributed by atoms with Crippen LogP contribution in [0.25, 0.3) is 0 Å². The van der Waals surface area contributed by atoms with Gasteiger partial charge in [-0.2, -0.15) is 0 Å². The fourth-order valence-corrected chi connectivity index (χ4v) is 3.83. The van der Waals surface area contributed by atoms with E-state index in [1.807, 2.05) is 0 Å². The summed E-state index contributed by atoms with van der Waals surface area (Å²) >= 11 is 0. The molecule has 7 heteroatoms. The van der Waals surface area contributed by atoms with Gasteiger partial charge in [0, 0.05) is 27.2 Å². The highest BCUT2D eigenvalue weighted by Crippen LogP contribution is 2.22. The average Bonchev–Trinajstić information content (AvgIpc) is 2.63. The summed E-state index contributed by atoms with van der Waals surface area (Å²) in [7, 11) is 3.61. The Morgan fingerprint density at radius 2 is 1.92 bits per heavy atom. The maximum Gasteiger partial charge on any atom is 0.236 e. The molecular weight excluding hydrogens is 320 g/mol. The lowest BCUT2D eigenvalue weighted by Crippen LogP contribution is -2.47. The second kappa shape index (κ2) is 8.85. The van der Waals surface area contributed by atoms with Crippen LogP contribution in [0.3, 0.4) is 0 Å². The fourth-order valence-electron chi connectivity index (χ4n) is 3.83. The van der Waals surface area contributed by atoms with E-state index in [1.165, 1.54) is 19.3 Å². The summed E-state index contributed by atoms with van der Waals surface area (Å²) in [5.41, 5.74) is 0. The number of carbonyl (C=O) groups is 1. The van der Waals surface area contributed by atoms with Gasteiger partial charge in [-0.05, 0) is 45.3 Å². The third-order valence-corrected chi connectivity index (χ3v) is 5.33. The maximum atomic E-state index is 12.0. The minimum Gasteiger partial charge on any atom is -0.470 e. The molecule has 0 spiro atoms. The zero-order valence-electron chi connectivity index (χ0n) is 15.7. The number of likely N-dealkylation sites (tertiary alicyclic amines) is 2. The molecular formula is C18H32N4O3. The van der Waals surface area contributed by atoms with Gasteiger partial charge in [-0.1, -0.05) is 11.6 Å². The van der Waals surface area contributed by atoms with E-state index in [4.69, 9.17) is 9.57 Å². The molecule has 0 bridgehead atoms. The zero-order valence-corrected chi connectivity index (χ0v) is 15.7. The number of rotatable bonds is 5. The molecule has 3 rings (SSSR count). The summed E-state index contributed by atoms with van der Waals surface area (Å²) in [5.74, 6) is 1.11. The number of ether oxygens (including phenoxy) is 1. The second-order valence-corrected chi connectivity index (χ2v) is 7.69. The van der Waals surface area contributed by atoms with Crippen LogP contribution in [0.2, 0.25) is 0 Å². The van der Waals surface area contributed by atoms with Crippen LogP contribution in [0.1, 0.15) is 32.1 Å². The van der Waals surface area contributed by atoms with Gasteiger partial charge in [0.05, 0.1) is 12.5 Å². The first-order valence-electron chi connectivity index (χ1n) is 9.63. The van der Waals surface area contributed by atoms with Crippen LogP contribution in [0, 0.1) is 5.92 Å². The van der Waals surface area contributed by atoms with Crippen molar-refractivity contribution >= 4 is 11.8 Å². The minimum atomic E-state index is 0.0735. The minimum absolute atomic E-state index is 0.0735. The SMILES string of the molecule is CN(C)C(=O)CN1CCCC(C2=NOCC(CN3CCCCC3)O2)C1. The van der Waals surface area contributed by atoms with E-state index in [0.29, 0.717) is 13.2 Å². The van der Waals surface area contributed by atoms with Crippen LogP contribution in [0.5, 0.6) is 0 Å². The molecule has 142 valence electrons. The highest BCUT2D eigenvalue weighted by Gasteiger charge is 2.31. The Bertz CT molecular complexity index is 477. The Kier molecular flexibility index (Phi) is 6.53. The molecule has 0 aromatic carbocycles. The molecule has 2 fully saturated rings. The smallest absolute Gasteiger partial charge is 0.236 e. The number of likely N-dealkylation sites (N-methyl/N-ethyl adjacent to an activating group) is 1. The summed E-state index contributed by atoms with van der Waals surface area (Å²) in [6, 6.07) is 0. The Hall–Kier alpha value is -1.34. The van der Waals surface area contributed by atoms with E-state index in [-0.39, 0.29) is 17.9 Å². The number of amides is 1. The monoisotopic (exact) mass is 352 g/mol. The van der Waals surface area contributed by atoms with E-state index in [2.05, 4.69) is 15.0 Å². The van der Waals surface area contributed by atoms with Crippen molar-refractivity contribution in [3.8, 4) is 0 Å². The lowest BCUT2D eigenvalue weighted by molar-refractivity contribution is -0.130.